The van der Waals surface area contributed by atoms with Gasteiger partial charge in [-0.25, -0.2) is 0 Å². The van der Waals surface area contributed by atoms with Crippen molar-refractivity contribution in [1.82, 2.24) is 0 Å². The van der Waals surface area contributed by atoms with Gasteiger partial charge < -0.3 is 4.74 Å². The van der Waals surface area contributed by atoms with Gasteiger partial charge in [0.1, 0.15) is 6.26 Å². The SMILES string of the molecule is CCOC=C(Cl)C1=CC[C@H]2[C@@H]3CC=C4C=CC=C[C@]4(C)C3=CC[C@]12C. The zero-order chi connectivity index (χ0) is 17.7. The van der Waals surface area contributed by atoms with Crippen molar-refractivity contribution >= 4 is 11.6 Å². The molecule has 0 aromatic heterocycles. The highest BCUT2D eigenvalue weighted by atomic mass is 35.5. The third-order valence-corrected chi connectivity index (χ3v) is 7.15. The normalized spacial score (nSPS) is 39.0. The number of hydrogen-bond acceptors (Lipinski definition) is 1. The third-order valence-electron chi connectivity index (χ3n) is 6.86. The van der Waals surface area contributed by atoms with E-state index in [1.165, 1.54) is 11.1 Å². The van der Waals surface area contributed by atoms with Crippen LogP contribution in [0.2, 0.25) is 0 Å². The van der Waals surface area contributed by atoms with Gasteiger partial charge >= 0.3 is 0 Å². The quantitative estimate of drug-likeness (QED) is 0.417. The van der Waals surface area contributed by atoms with E-state index in [2.05, 4.69) is 56.4 Å². The Labute approximate surface area is 156 Å². The highest BCUT2D eigenvalue weighted by molar-refractivity contribution is 6.32. The molecule has 0 saturated carbocycles. The lowest BCUT2D eigenvalue weighted by atomic mass is 9.53. The van der Waals surface area contributed by atoms with Crippen LogP contribution in [0.4, 0.5) is 0 Å². The molecule has 0 unspecified atom stereocenters. The van der Waals surface area contributed by atoms with Crippen molar-refractivity contribution in [2.45, 2.75) is 40.0 Å². The highest BCUT2D eigenvalue weighted by Gasteiger charge is 2.52. The molecule has 0 aromatic carbocycles. The summed E-state index contributed by atoms with van der Waals surface area (Å²) in [7, 11) is 0. The minimum atomic E-state index is 0.0761. The molecule has 0 radical (unpaired) electrons. The van der Waals surface area contributed by atoms with Gasteiger partial charge in [0.25, 0.3) is 0 Å². The molecule has 0 bridgehead atoms. The van der Waals surface area contributed by atoms with Gasteiger partial charge in [-0.2, -0.15) is 0 Å². The van der Waals surface area contributed by atoms with Gasteiger partial charge in [-0.15, -0.1) is 0 Å². The van der Waals surface area contributed by atoms with E-state index in [1.807, 2.05) is 6.92 Å². The van der Waals surface area contributed by atoms with Crippen LogP contribution in [0.5, 0.6) is 0 Å². The minimum Gasteiger partial charge on any atom is -0.500 e. The van der Waals surface area contributed by atoms with Crippen LogP contribution in [0.25, 0.3) is 0 Å². The first kappa shape index (κ1) is 17.0. The van der Waals surface area contributed by atoms with Gasteiger partial charge in [-0.1, -0.05) is 66.6 Å². The summed E-state index contributed by atoms with van der Waals surface area (Å²) in [5.41, 5.74) is 4.55. The molecule has 0 heterocycles. The lowest BCUT2D eigenvalue weighted by molar-refractivity contribution is 0.168. The van der Waals surface area contributed by atoms with Gasteiger partial charge in [-0.05, 0) is 56.1 Å². The predicted octanol–water partition coefficient (Wildman–Crippen LogP) is 6.46. The van der Waals surface area contributed by atoms with Crippen molar-refractivity contribution in [3.05, 3.63) is 70.5 Å². The molecule has 4 rings (SSSR count). The smallest absolute Gasteiger partial charge is 0.102 e. The molecule has 0 aliphatic heterocycles. The summed E-state index contributed by atoms with van der Waals surface area (Å²) in [6.45, 7) is 7.42. The van der Waals surface area contributed by atoms with Gasteiger partial charge in [0, 0.05) is 10.8 Å². The molecule has 0 amide bonds. The van der Waals surface area contributed by atoms with Crippen LogP contribution < -0.4 is 0 Å². The van der Waals surface area contributed by atoms with Gasteiger partial charge in [-0.3, -0.25) is 0 Å². The lowest BCUT2D eigenvalue weighted by Gasteiger charge is -2.50. The van der Waals surface area contributed by atoms with Crippen molar-refractivity contribution in [3.8, 4) is 0 Å². The van der Waals surface area contributed by atoms with Crippen molar-refractivity contribution < 1.29 is 4.74 Å². The zero-order valence-electron chi connectivity index (χ0n) is 15.4. The van der Waals surface area contributed by atoms with Crippen molar-refractivity contribution in [3.63, 3.8) is 0 Å². The first-order chi connectivity index (χ1) is 12.0. The fraction of sp³-hybridized carbons (Fsp3) is 0.478. The molecule has 25 heavy (non-hydrogen) atoms. The number of rotatable bonds is 3. The van der Waals surface area contributed by atoms with E-state index >= 15 is 0 Å². The van der Waals surface area contributed by atoms with E-state index in [0.717, 1.165) is 24.3 Å². The summed E-state index contributed by atoms with van der Waals surface area (Å²) in [6.07, 6.45) is 21.4. The molecule has 4 atom stereocenters. The third kappa shape index (κ3) is 2.43. The largest absolute Gasteiger partial charge is 0.500 e. The van der Waals surface area contributed by atoms with E-state index in [0.29, 0.717) is 18.4 Å². The molecule has 4 aliphatic rings. The van der Waals surface area contributed by atoms with Crippen LogP contribution in [0.3, 0.4) is 0 Å². The van der Waals surface area contributed by atoms with E-state index in [9.17, 15) is 0 Å². The van der Waals surface area contributed by atoms with Gasteiger partial charge in [0.15, 0.2) is 0 Å². The van der Waals surface area contributed by atoms with Gasteiger partial charge in [0.2, 0.25) is 0 Å². The monoisotopic (exact) mass is 354 g/mol. The predicted molar refractivity (Wildman–Crippen MR) is 105 cm³/mol. The van der Waals surface area contributed by atoms with Crippen LogP contribution in [-0.4, -0.2) is 6.61 Å². The Bertz CT molecular complexity index is 763. The van der Waals surface area contributed by atoms with Crippen molar-refractivity contribution in [2.75, 3.05) is 6.61 Å². The summed E-state index contributed by atoms with van der Waals surface area (Å²) in [4.78, 5) is 0. The number of ether oxygens (including phenoxy) is 1. The average Bonchev–Trinajstić information content (AvgIpc) is 2.96. The maximum absolute atomic E-state index is 6.60. The maximum atomic E-state index is 6.60. The zero-order valence-corrected chi connectivity index (χ0v) is 16.1. The summed E-state index contributed by atoms with van der Waals surface area (Å²) in [5, 5.41) is 0.780. The van der Waals surface area contributed by atoms with E-state index in [-0.39, 0.29) is 10.8 Å². The second kappa shape index (κ2) is 6.06. The Balaban J connectivity index is 1.69. The molecule has 2 heteroatoms. The van der Waals surface area contributed by atoms with Crippen LogP contribution in [0, 0.1) is 22.7 Å². The minimum absolute atomic E-state index is 0.0761. The molecule has 1 nitrogen and oxygen atoms in total. The van der Waals surface area contributed by atoms with Crippen LogP contribution >= 0.6 is 11.6 Å². The molecule has 0 spiro atoms. The summed E-state index contributed by atoms with van der Waals surface area (Å²) >= 11 is 6.60. The molecule has 0 aromatic rings. The topological polar surface area (TPSA) is 9.23 Å². The molecule has 0 saturated heterocycles. The Kier molecular flexibility index (Phi) is 4.11. The van der Waals surface area contributed by atoms with E-state index < -0.39 is 0 Å². The molecule has 132 valence electrons. The second-order valence-corrected chi connectivity index (χ2v) is 8.49. The summed E-state index contributed by atoms with van der Waals surface area (Å²) in [6, 6.07) is 0. The Morgan fingerprint density at radius 3 is 2.88 bits per heavy atom. The van der Waals surface area contributed by atoms with Crippen LogP contribution in [0.1, 0.15) is 40.0 Å². The Morgan fingerprint density at radius 1 is 1.24 bits per heavy atom. The van der Waals surface area contributed by atoms with E-state index in [4.69, 9.17) is 16.3 Å². The molecule has 4 aliphatic carbocycles. The van der Waals surface area contributed by atoms with Crippen LogP contribution in [0.15, 0.2) is 70.5 Å². The maximum Gasteiger partial charge on any atom is 0.102 e. The molecular formula is C23H27ClO. The fourth-order valence-electron chi connectivity index (χ4n) is 5.45. The fourth-order valence-corrected chi connectivity index (χ4v) is 5.81. The Hall–Kier alpha value is -1.47. The van der Waals surface area contributed by atoms with Crippen molar-refractivity contribution in [2.24, 2.45) is 22.7 Å². The van der Waals surface area contributed by atoms with Crippen molar-refractivity contribution in [1.29, 1.82) is 0 Å². The average molecular weight is 355 g/mol. The number of hydrogen-bond donors (Lipinski definition) is 0. The Morgan fingerprint density at radius 2 is 2.08 bits per heavy atom. The summed E-state index contributed by atoms with van der Waals surface area (Å²) < 4.78 is 5.45. The first-order valence-corrected chi connectivity index (χ1v) is 9.84. The van der Waals surface area contributed by atoms with Gasteiger partial charge in [0.05, 0.1) is 11.6 Å². The molecular weight excluding hydrogens is 328 g/mol. The molecule has 0 N–H and O–H groups in total. The number of allylic oxidation sites excluding steroid dienone is 11. The van der Waals surface area contributed by atoms with Crippen LogP contribution in [-0.2, 0) is 4.74 Å². The second-order valence-electron chi connectivity index (χ2n) is 8.08. The highest BCUT2D eigenvalue weighted by Crippen LogP contribution is 2.62. The standard InChI is InChI=1S/C23H27ClO/c1-4-25-15-21(24)20-11-10-18-17-9-8-16-7-5-6-13-22(16,2)19(17)12-14-23(18,20)3/h5-8,11-13,15,17-18H,4,9-10,14H2,1-3H3/t17-,18-,22-,23-/m0/s1. The number of halogens is 1. The number of fused-ring (bicyclic) bond motifs is 5. The molecule has 0 fully saturated rings. The van der Waals surface area contributed by atoms with E-state index in [1.54, 1.807) is 11.8 Å². The summed E-state index contributed by atoms with van der Waals surface area (Å²) in [5.74, 6) is 1.23. The lowest BCUT2D eigenvalue weighted by Crippen LogP contribution is -2.41. The first-order valence-electron chi connectivity index (χ1n) is 9.46.